The van der Waals surface area contributed by atoms with Crippen molar-refractivity contribution in [1.82, 2.24) is 14.3 Å². The van der Waals surface area contributed by atoms with Crippen LogP contribution >= 0.6 is 0 Å². The minimum Gasteiger partial charge on any atom is -0.386 e. The number of piperazine rings is 1. The summed E-state index contributed by atoms with van der Waals surface area (Å²) in [7, 11) is 1.74. The summed E-state index contributed by atoms with van der Waals surface area (Å²) in [5.41, 5.74) is 2.20. The Labute approximate surface area is 203 Å². The fourth-order valence-electron chi connectivity index (χ4n) is 3.99. The average molecular weight is 477 g/mol. The number of oxime groups is 1. The number of rotatable bonds is 7. The molecule has 1 aliphatic heterocycles. The summed E-state index contributed by atoms with van der Waals surface area (Å²) in [5.74, 6) is -0.820. The Morgan fingerprint density at radius 3 is 2.20 bits per heavy atom. The average Bonchev–Trinajstić information content (AvgIpc) is 3.10. The van der Waals surface area contributed by atoms with Gasteiger partial charge in [-0.1, -0.05) is 41.6 Å². The zero-order chi connectivity index (χ0) is 24.8. The first-order valence-electron chi connectivity index (χ1n) is 11.3. The number of benzene rings is 2. The van der Waals surface area contributed by atoms with Crippen molar-refractivity contribution in [2.45, 2.75) is 6.92 Å². The standard InChI is InChI=1S/C25H28N6O4/c1-19-24(25(34)31(28(19)2)21-11-7-4-8-12-21)27-22(32)17-26-35-18-23(33)30-15-13-29(14-16-30)20-9-5-3-6-10-20/h3-12,17H,13-16,18H2,1-2H3,(H,27,32)/b26-17-. The van der Waals surface area contributed by atoms with Gasteiger partial charge in [-0.2, -0.15) is 0 Å². The van der Waals surface area contributed by atoms with Crippen LogP contribution in [0.25, 0.3) is 5.69 Å². The van der Waals surface area contributed by atoms with Crippen molar-refractivity contribution in [3.8, 4) is 5.69 Å². The minimum absolute atomic E-state index is 0.153. The molecule has 1 saturated heterocycles. The maximum atomic E-state index is 12.9. The molecule has 1 aromatic heterocycles. The lowest BCUT2D eigenvalue weighted by atomic mass is 10.2. The van der Waals surface area contributed by atoms with Crippen molar-refractivity contribution in [2.75, 3.05) is 43.0 Å². The SMILES string of the molecule is Cc1c(NC(=O)/C=N\OCC(=O)N2CCN(c3ccccc3)CC2)c(=O)n(-c2ccccc2)n1C. The van der Waals surface area contributed by atoms with Gasteiger partial charge in [0, 0.05) is 38.9 Å². The Morgan fingerprint density at radius 2 is 1.57 bits per heavy atom. The van der Waals surface area contributed by atoms with Crippen LogP contribution in [0, 0.1) is 6.92 Å². The number of carbonyl (C=O) groups is 2. The number of hydrogen-bond acceptors (Lipinski definition) is 6. The maximum absolute atomic E-state index is 12.9. The summed E-state index contributed by atoms with van der Waals surface area (Å²) in [6.07, 6.45) is 0.916. The van der Waals surface area contributed by atoms with E-state index in [-0.39, 0.29) is 23.8 Å². The first kappa shape index (κ1) is 23.8. The van der Waals surface area contributed by atoms with E-state index in [0.29, 0.717) is 24.5 Å². The Morgan fingerprint density at radius 1 is 0.971 bits per heavy atom. The van der Waals surface area contributed by atoms with Gasteiger partial charge < -0.3 is 20.0 Å². The highest BCUT2D eigenvalue weighted by molar-refractivity contribution is 6.31. The minimum atomic E-state index is -0.625. The second-order valence-electron chi connectivity index (χ2n) is 8.14. The third-order valence-corrected chi connectivity index (χ3v) is 5.99. The number of nitrogens with one attached hydrogen (secondary N) is 1. The van der Waals surface area contributed by atoms with Crippen LogP contribution in [0.5, 0.6) is 0 Å². The van der Waals surface area contributed by atoms with E-state index < -0.39 is 5.91 Å². The first-order valence-corrected chi connectivity index (χ1v) is 11.3. The normalized spacial score (nSPS) is 13.8. The van der Waals surface area contributed by atoms with Gasteiger partial charge in [0.2, 0.25) is 0 Å². The van der Waals surface area contributed by atoms with E-state index in [0.717, 1.165) is 25.0 Å². The van der Waals surface area contributed by atoms with Gasteiger partial charge >= 0.3 is 0 Å². The Balaban J connectivity index is 1.27. The van der Waals surface area contributed by atoms with Crippen LogP contribution in [0.15, 0.2) is 70.6 Å². The summed E-state index contributed by atoms with van der Waals surface area (Å²) in [6.45, 7) is 4.11. The summed E-state index contributed by atoms with van der Waals surface area (Å²) in [5, 5.41) is 6.16. The van der Waals surface area contributed by atoms with Gasteiger partial charge in [-0.25, -0.2) is 4.68 Å². The second-order valence-corrected chi connectivity index (χ2v) is 8.14. The van der Waals surface area contributed by atoms with Gasteiger partial charge in [-0.15, -0.1) is 0 Å². The van der Waals surface area contributed by atoms with Crippen LogP contribution in [0.3, 0.4) is 0 Å². The predicted octanol–water partition coefficient (Wildman–Crippen LogP) is 1.77. The van der Waals surface area contributed by atoms with Gasteiger partial charge in [0.25, 0.3) is 17.4 Å². The summed E-state index contributed by atoms with van der Waals surface area (Å²) < 4.78 is 3.13. The molecular formula is C25H28N6O4. The van der Waals surface area contributed by atoms with Crippen molar-refractivity contribution < 1.29 is 14.4 Å². The van der Waals surface area contributed by atoms with E-state index in [2.05, 4.69) is 15.4 Å². The van der Waals surface area contributed by atoms with E-state index in [1.54, 1.807) is 35.7 Å². The van der Waals surface area contributed by atoms with Crippen LogP contribution in [0.1, 0.15) is 5.69 Å². The Bertz CT molecular complexity index is 1260. The van der Waals surface area contributed by atoms with Gasteiger partial charge in [-0.05, 0) is 31.2 Å². The van der Waals surface area contributed by atoms with Gasteiger partial charge in [-0.3, -0.25) is 19.1 Å². The molecule has 0 spiro atoms. The number of nitrogens with zero attached hydrogens (tertiary/aromatic N) is 5. The van der Waals surface area contributed by atoms with Gasteiger partial charge in [0.15, 0.2) is 6.61 Å². The molecule has 2 heterocycles. The molecule has 1 fully saturated rings. The lowest BCUT2D eigenvalue weighted by Gasteiger charge is -2.35. The molecule has 1 aliphatic rings. The number of anilines is 2. The molecule has 0 unspecified atom stereocenters. The molecule has 0 saturated carbocycles. The van der Waals surface area contributed by atoms with Crippen molar-refractivity contribution in [2.24, 2.45) is 12.2 Å². The zero-order valence-corrected chi connectivity index (χ0v) is 19.8. The lowest BCUT2D eigenvalue weighted by Crippen LogP contribution is -2.49. The Hall–Kier alpha value is -4.34. The van der Waals surface area contributed by atoms with E-state index in [1.165, 1.54) is 4.68 Å². The van der Waals surface area contributed by atoms with Gasteiger partial charge in [0.1, 0.15) is 11.9 Å². The molecule has 182 valence electrons. The molecule has 0 radical (unpaired) electrons. The maximum Gasteiger partial charge on any atom is 0.295 e. The molecule has 0 aliphatic carbocycles. The largest absolute Gasteiger partial charge is 0.386 e. The molecule has 4 rings (SSSR count). The van der Waals surface area contributed by atoms with Crippen LogP contribution < -0.4 is 15.8 Å². The second kappa shape index (κ2) is 10.7. The number of amides is 2. The molecule has 1 N–H and O–H groups in total. The number of aromatic nitrogens is 2. The summed E-state index contributed by atoms with van der Waals surface area (Å²) in [4.78, 5) is 46.5. The number of carbonyl (C=O) groups excluding carboxylic acids is 2. The van der Waals surface area contributed by atoms with Crippen molar-refractivity contribution in [3.05, 3.63) is 76.7 Å². The predicted molar refractivity (Wildman–Crippen MR) is 134 cm³/mol. The monoisotopic (exact) mass is 476 g/mol. The van der Waals surface area contributed by atoms with Crippen LogP contribution in [0.4, 0.5) is 11.4 Å². The highest BCUT2D eigenvalue weighted by Gasteiger charge is 2.21. The fourth-order valence-corrected chi connectivity index (χ4v) is 3.99. The summed E-state index contributed by atoms with van der Waals surface area (Å²) in [6, 6.07) is 19.2. The Kier molecular flexibility index (Phi) is 7.30. The van der Waals surface area contributed by atoms with Crippen molar-refractivity contribution >= 4 is 29.4 Å². The van der Waals surface area contributed by atoms with E-state index in [1.807, 2.05) is 48.5 Å². The third-order valence-electron chi connectivity index (χ3n) is 5.99. The molecule has 0 atom stereocenters. The molecule has 35 heavy (non-hydrogen) atoms. The number of para-hydroxylation sites is 2. The highest BCUT2D eigenvalue weighted by Crippen LogP contribution is 2.16. The zero-order valence-electron chi connectivity index (χ0n) is 19.8. The van der Waals surface area contributed by atoms with E-state index >= 15 is 0 Å². The topological polar surface area (TPSA) is 101 Å². The molecule has 0 bridgehead atoms. The van der Waals surface area contributed by atoms with Crippen LogP contribution in [-0.4, -0.2) is 65.1 Å². The van der Waals surface area contributed by atoms with Crippen LogP contribution in [0.2, 0.25) is 0 Å². The third kappa shape index (κ3) is 5.43. The quantitative estimate of drug-likeness (QED) is 0.414. The van der Waals surface area contributed by atoms with E-state index in [4.69, 9.17) is 4.84 Å². The van der Waals surface area contributed by atoms with Crippen LogP contribution in [-0.2, 0) is 21.5 Å². The molecule has 10 heteroatoms. The molecular weight excluding hydrogens is 448 g/mol. The highest BCUT2D eigenvalue weighted by atomic mass is 16.6. The summed E-state index contributed by atoms with van der Waals surface area (Å²) >= 11 is 0. The van der Waals surface area contributed by atoms with Crippen molar-refractivity contribution in [1.29, 1.82) is 0 Å². The first-order chi connectivity index (χ1) is 17.0. The fraction of sp³-hybridized carbons (Fsp3) is 0.280. The molecule has 3 aromatic rings. The molecule has 2 aromatic carbocycles. The lowest BCUT2D eigenvalue weighted by molar-refractivity contribution is -0.136. The smallest absolute Gasteiger partial charge is 0.295 e. The van der Waals surface area contributed by atoms with Crippen molar-refractivity contribution in [3.63, 3.8) is 0 Å². The molecule has 10 nitrogen and oxygen atoms in total. The van der Waals surface area contributed by atoms with Gasteiger partial charge in [0.05, 0.1) is 11.4 Å². The van der Waals surface area contributed by atoms with E-state index in [9.17, 15) is 14.4 Å². The molecule has 2 amide bonds. The number of hydrogen-bond donors (Lipinski definition) is 1.